The van der Waals surface area contributed by atoms with Crippen molar-refractivity contribution in [2.75, 3.05) is 0 Å². The average molecular weight is 233 g/mol. The topological polar surface area (TPSA) is 84.9 Å². The van der Waals surface area contributed by atoms with Gasteiger partial charge in [-0.25, -0.2) is 9.59 Å². The Morgan fingerprint density at radius 1 is 1.38 bits per heavy atom. The Morgan fingerprint density at radius 2 is 1.94 bits per heavy atom. The van der Waals surface area contributed by atoms with Crippen LogP contribution in [0.1, 0.15) is 40.5 Å². The summed E-state index contributed by atoms with van der Waals surface area (Å²) in [5.74, 6) is -1.11. The smallest absolute Gasteiger partial charge is 0.431 e. The van der Waals surface area contributed by atoms with Crippen molar-refractivity contribution in [3.05, 3.63) is 0 Å². The van der Waals surface area contributed by atoms with E-state index in [0.717, 1.165) is 0 Å². The van der Waals surface area contributed by atoms with Gasteiger partial charge in [-0.15, -0.1) is 0 Å². The number of nitrogens with one attached hydrogen (secondary N) is 1. The van der Waals surface area contributed by atoms with E-state index in [9.17, 15) is 9.59 Å². The second-order valence-corrected chi connectivity index (χ2v) is 4.34. The highest BCUT2D eigenvalue weighted by Crippen LogP contribution is 2.07. The molecule has 0 aliphatic carbocycles. The maximum absolute atomic E-state index is 11.1. The van der Waals surface area contributed by atoms with Crippen molar-refractivity contribution in [3.63, 3.8) is 0 Å². The lowest BCUT2D eigenvalue weighted by atomic mass is 10.2. The molecular weight excluding hydrogens is 214 g/mol. The number of amides is 1. The van der Waals surface area contributed by atoms with Gasteiger partial charge in [0.15, 0.2) is 6.10 Å². The number of ether oxygens (including phenoxy) is 1. The van der Waals surface area contributed by atoms with Gasteiger partial charge in [0.1, 0.15) is 5.60 Å². The molecule has 1 atom stereocenters. The Kier molecular flexibility index (Phi) is 5.81. The van der Waals surface area contributed by atoms with Gasteiger partial charge in [-0.1, -0.05) is 13.3 Å². The SMILES string of the molecule is CCCC(ONC(=O)OC(C)(C)C)C(=O)O. The van der Waals surface area contributed by atoms with Gasteiger partial charge in [-0.05, 0) is 27.2 Å². The Hall–Kier alpha value is -1.30. The number of hydroxylamine groups is 1. The molecule has 2 N–H and O–H groups in total. The van der Waals surface area contributed by atoms with Crippen LogP contribution in [-0.2, 0) is 14.4 Å². The monoisotopic (exact) mass is 233 g/mol. The Morgan fingerprint density at radius 3 is 2.31 bits per heavy atom. The number of carboxylic acids is 1. The first-order valence-electron chi connectivity index (χ1n) is 5.13. The minimum atomic E-state index is -1.11. The number of carbonyl (C=O) groups is 2. The van der Waals surface area contributed by atoms with Crippen molar-refractivity contribution in [2.24, 2.45) is 0 Å². The average Bonchev–Trinajstić information content (AvgIpc) is 2.08. The molecule has 0 aliphatic rings. The molecular formula is C10H19NO5. The molecule has 94 valence electrons. The van der Waals surface area contributed by atoms with E-state index in [1.807, 2.05) is 12.4 Å². The van der Waals surface area contributed by atoms with Crippen LogP contribution in [0.2, 0.25) is 0 Å². The number of rotatable bonds is 5. The number of hydrogen-bond acceptors (Lipinski definition) is 4. The Bertz CT molecular complexity index is 246. The highest BCUT2D eigenvalue weighted by atomic mass is 16.7. The molecule has 0 radical (unpaired) electrons. The van der Waals surface area contributed by atoms with Gasteiger partial charge in [0, 0.05) is 0 Å². The first-order valence-corrected chi connectivity index (χ1v) is 5.13. The van der Waals surface area contributed by atoms with E-state index in [1.54, 1.807) is 20.8 Å². The van der Waals surface area contributed by atoms with Crippen molar-refractivity contribution in [1.29, 1.82) is 0 Å². The third-order valence-corrected chi connectivity index (χ3v) is 1.51. The normalized spacial score (nSPS) is 13.0. The van der Waals surface area contributed by atoms with Gasteiger partial charge >= 0.3 is 12.1 Å². The highest BCUT2D eigenvalue weighted by Gasteiger charge is 2.21. The molecule has 0 heterocycles. The third kappa shape index (κ3) is 7.05. The van der Waals surface area contributed by atoms with Gasteiger partial charge in [-0.2, -0.15) is 5.48 Å². The molecule has 0 aromatic heterocycles. The minimum Gasteiger partial charge on any atom is -0.479 e. The maximum Gasteiger partial charge on any atom is 0.431 e. The zero-order chi connectivity index (χ0) is 12.8. The highest BCUT2D eigenvalue weighted by molar-refractivity contribution is 5.73. The third-order valence-electron chi connectivity index (χ3n) is 1.51. The van der Waals surface area contributed by atoms with Crippen LogP contribution < -0.4 is 5.48 Å². The van der Waals surface area contributed by atoms with Gasteiger partial charge in [0.25, 0.3) is 0 Å². The molecule has 1 unspecified atom stereocenters. The molecule has 0 aliphatic heterocycles. The van der Waals surface area contributed by atoms with E-state index in [1.165, 1.54) is 0 Å². The second kappa shape index (κ2) is 6.32. The molecule has 6 nitrogen and oxygen atoms in total. The summed E-state index contributed by atoms with van der Waals surface area (Å²) in [7, 11) is 0. The summed E-state index contributed by atoms with van der Waals surface area (Å²) in [5, 5.41) is 8.73. The molecule has 0 saturated carbocycles. The van der Waals surface area contributed by atoms with E-state index in [4.69, 9.17) is 14.7 Å². The summed E-state index contributed by atoms with van der Waals surface area (Å²) < 4.78 is 4.88. The molecule has 0 saturated heterocycles. The molecule has 0 rings (SSSR count). The number of carboxylic acid groups (broad SMARTS) is 1. The predicted molar refractivity (Wildman–Crippen MR) is 56.8 cm³/mol. The molecule has 0 spiro atoms. The van der Waals surface area contributed by atoms with Gasteiger partial charge in [0.2, 0.25) is 0 Å². The van der Waals surface area contributed by atoms with Crippen LogP contribution >= 0.6 is 0 Å². The zero-order valence-corrected chi connectivity index (χ0v) is 10.1. The van der Waals surface area contributed by atoms with E-state index < -0.39 is 23.8 Å². The Balaban J connectivity index is 4.01. The van der Waals surface area contributed by atoms with Crippen LogP contribution in [0.25, 0.3) is 0 Å². The van der Waals surface area contributed by atoms with Crippen molar-refractivity contribution in [1.82, 2.24) is 5.48 Å². The van der Waals surface area contributed by atoms with E-state index in [0.29, 0.717) is 12.8 Å². The van der Waals surface area contributed by atoms with Gasteiger partial charge in [0.05, 0.1) is 0 Å². The van der Waals surface area contributed by atoms with E-state index in [-0.39, 0.29) is 0 Å². The summed E-state index contributed by atoms with van der Waals surface area (Å²) in [6.45, 7) is 6.93. The van der Waals surface area contributed by atoms with Crippen LogP contribution in [0.4, 0.5) is 4.79 Å². The summed E-state index contributed by atoms with van der Waals surface area (Å²) in [6, 6.07) is 0. The fourth-order valence-electron chi connectivity index (χ4n) is 0.913. The predicted octanol–water partition coefficient (Wildman–Crippen LogP) is 1.70. The molecule has 0 aromatic rings. The van der Waals surface area contributed by atoms with Crippen LogP contribution in [0, 0.1) is 0 Å². The summed E-state index contributed by atoms with van der Waals surface area (Å²) in [5.41, 5.74) is 1.32. The molecule has 0 bridgehead atoms. The summed E-state index contributed by atoms with van der Waals surface area (Å²) in [4.78, 5) is 26.5. The van der Waals surface area contributed by atoms with Crippen molar-refractivity contribution in [2.45, 2.75) is 52.2 Å². The van der Waals surface area contributed by atoms with E-state index in [2.05, 4.69) is 0 Å². The van der Waals surface area contributed by atoms with Gasteiger partial charge in [-0.3, -0.25) is 4.84 Å². The summed E-state index contributed by atoms with van der Waals surface area (Å²) >= 11 is 0. The van der Waals surface area contributed by atoms with Crippen LogP contribution in [0.3, 0.4) is 0 Å². The van der Waals surface area contributed by atoms with Crippen molar-refractivity contribution in [3.8, 4) is 0 Å². The molecule has 0 aromatic carbocycles. The number of hydrogen-bond donors (Lipinski definition) is 2. The summed E-state index contributed by atoms with van der Waals surface area (Å²) in [6.07, 6.45) is -0.870. The standard InChI is InChI=1S/C10H19NO5/c1-5-6-7(8(12)13)16-11-9(14)15-10(2,3)4/h7H,5-6H2,1-4H3,(H,11,14)(H,12,13). The Labute approximate surface area is 94.9 Å². The lowest BCUT2D eigenvalue weighted by Crippen LogP contribution is -2.37. The lowest BCUT2D eigenvalue weighted by molar-refractivity contribution is -0.155. The van der Waals surface area contributed by atoms with Crippen molar-refractivity contribution >= 4 is 12.1 Å². The van der Waals surface area contributed by atoms with Crippen molar-refractivity contribution < 1.29 is 24.3 Å². The zero-order valence-electron chi connectivity index (χ0n) is 10.1. The first-order chi connectivity index (χ1) is 7.26. The van der Waals surface area contributed by atoms with Gasteiger partial charge < -0.3 is 9.84 Å². The minimum absolute atomic E-state index is 0.325. The number of aliphatic carboxylic acids is 1. The maximum atomic E-state index is 11.1. The molecule has 0 fully saturated rings. The molecule has 6 heteroatoms. The quantitative estimate of drug-likeness (QED) is 0.706. The van der Waals surface area contributed by atoms with E-state index >= 15 is 0 Å². The lowest BCUT2D eigenvalue weighted by Gasteiger charge is -2.20. The molecule has 16 heavy (non-hydrogen) atoms. The first kappa shape index (κ1) is 14.7. The van der Waals surface area contributed by atoms with Crippen LogP contribution in [0.15, 0.2) is 0 Å². The largest absolute Gasteiger partial charge is 0.479 e. The fourth-order valence-corrected chi connectivity index (χ4v) is 0.913. The second-order valence-electron chi connectivity index (χ2n) is 4.34. The molecule has 1 amide bonds. The number of carbonyl (C=O) groups excluding carboxylic acids is 1. The van der Waals surface area contributed by atoms with Crippen LogP contribution in [-0.4, -0.2) is 28.9 Å². The fraction of sp³-hybridized carbons (Fsp3) is 0.800. The van der Waals surface area contributed by atoms with Crippen LogP contribution in [0.5, 0.6) is 0 Å².